The van der Waals surface area contributed by atoms with Crippen LogP contribution in [-0.4, -0.2) is 44.8 Å². The van der Waals surface area contributed by atoms with Gasteiger partial charge in [0.25, 0.3) is 0 Å². The molecule has 3 aromatic heterocycles. The second kappa shape index (κ2) is 8.20. The Kier molecular flexibility index (Phi) is 5.64. The van der Waals surface area contributed by atoms with Gasteiger partial charge in [0.05, 0.1) is 17.8 Å². The van der Waals surface area contributed by atoms with E-state index in [2.05, 4.69) is 29.7 Å². The standard InChI is InChI=1S/C21H29N5O2Si/c1-29(2,3)11-10-28-15-25-9-8-16-12-22-20(24-21(16)25)17-13-23-26(14-17)18-4-6-19(27)7-5-18/h8-9,12-14,18H,4-7,10-11,15H2,1-3H3. The Hall–Kier alpha value is -2.32. The molecule has 154 valence electrons. The lowest BCUT2D eigenvalue weighted by molar-refractivity contribution is -0.120. The van der Waals surface area contributed by atoms with Crippen molar-refractivity contribution in [1.82, 2.24) is 24.3 Å². The molecule has 29 heavy (non-hydrogen) atoms. The Bertz CT molecular complexity index is 994. The average Bonchev–Trinajstić information content (AvgIpc) is 3.32. The molecule has 1 fully saturated rings. The van der Waals surface area contributed by atoms with Gasteiger partial charge in [0.2, 0.25) is 0 Å². The molecule has 3 heterocycles. The third-order valence-corrected chi connectivity index (χ3v) is 7.18. The number of ether oxygens (including phenoxy) is 1. The fraction of sp³-hybridized carbons (Fsp3) is 0.524. The molecular weight excluding hydrogens is 382 g/mol. The van der Waals surface area contributed by atoms with Crippen LogP contribution in [0.3, 0.4) is 0 Å². The molecule has 0 bridgehead atoms. The fourth-order valence-electron chi connectivity index (χ4n) is 3.60. The van der Waals surface area contributed by atoms with Crippen LogP contribution in [0.25, 0.3) is 22.4 Å². The zero-order valence-electron chi connectivity index (χ0n) is 17.5. The number of nitrogens with zero attached hydrogens (tertiary/aromatic N) is 5. The predicted octanol–water partition coefficient (Wildman–Crippen LogP) is 4.29. The summed E-state index contributed by atoms with van der Waals surface area (Å²) < 4.78 is 9.89. The van der Waals surface area contributed by atoms with Gasteiger partial charge in [0.1, 0.15) is 18.2 Å². The Morgan fingerprint density at radius 1 is 1.21 bits per heavy atom. The van der Waals surface area contributed by atoms with E-state index in [9.17, 15) is 4.79 Å². The van der Waals surface area contributed by atoms with Crippen LogP contribution in [0.2, 0.25) is 25.7 Å². The minimum Gasteiger partial charge on any atom is -0.361 e. The topological polar surface area (TPSA) is 74.8 Å². The summed E-state index contributed by atoms with van der Waals surface area (Å²) in [5.41, 5.74) is 1.77. The van der Waals surface area contributed by atoms with Crippen LogP contribution in [0.15, 0.2) is 30.9 Å². The first kappa shape index (κ1) is 20.0. The van der Waals surface area contributed by atoms with Gasteiger partial charge in [-0.2, -0.15) is 5.10 Å². The van der Waals surface area contributed by atoms with Crippen molar-refractivity contribution >= 4 is 24.9 Å². The predicted molar refractivity (Wildman–Crippen MR) is 115 cm³/mol. The summed E-state index contributed by atoms with van der Waals surface area (Å²) in [4.78, 5) is 20.8. The smallest absolute Gasteiger partial charge is 0.164 e. The lowest BCUT2D eigenvalue weighted by atomic mass is 9.94. The van der Waals surface area contributed by atoms with Crippen molar-refractivity contribution < 1.29 is 9.53 Å². The van der Waals surface area contributed by atoms with Crippen LogP contribution < -0.4 is 0 Å². The Morgan fingerprint density at radius 3 is 2.76 bits per heavy atom. The van der Waals surface area contributed by atoms with Gasteiger partial charge in [-0.3, -0.25) is 9.48 Å². The van der Waals surface area contributed by atoms with Gasteiger partial charge in [-0.25, -0.2) is 9.97 Å². The minimum absolute atomic E-state index is 0.286. The molecule has 0 aliphatic heterocycles. The van der Waals surface area contributed by atoms with E-state index in [1.807, 2.05) is 40.1 Å². The van der Waals surface area contributed by atoms with Gasteiger partial charge < -0.3 is 9.30 Å². The number of Topliss-reactive ketones (excluding diaryl/α,β-unsaturated/α-hetero) is 1. The second-order valence-corrected chi connectivity index (χ2v) is 14.7. The molecule has 4 rings (SSSR count). The maximum Gasteiger partial charge on any atom is 0.164 e. The summed E-state index contributed by atoms with van der Waals surface area (Å²) in [6, 6.07) is 3.45. The third-order valence-electron chi connectivity index (χ3n) is 5.48. The molecule has 0 aromatic carbocycles. The number of hydrogen-bond acceptors (Lipinski definition) is 5. The second-order valence-electron chi connectivity index (χ2n) is 9.08. The number of ketones is 1. The van der Waals surface area contributed by atoms with Crippen LogP contribution in [0.1, 0.15) is 31.7 Å². The molecule has 0 atom stereocenters. The van der Waals surface area contributed by atoms with Crippen LogP contribution in [0, 0.1) is 0 Å². The van der Waals surface area contributed by atoms with Crippen molar-refractivity contribution in [3.8, 4) is 11.4 Å². The summed E-state index contributed by atoms with van der Waals surface area (Å²) in [6.45, 7) is 8.34. The Morgan fingerprint density at radius 2 is 2.00 bits per heavy atom. The molecule has 1 aliphatic rings. The van der Waals surface area contributed by atoms with E-state index in [0.29, 0.717) is 31.2 Å². The van der Waals surface area contributed by atoms with Gasteiger partial charge in [0, 0.05) is 51.5 Å². The summed E-state index contributed by atoms with van der Waals surface area (Å²) in [7, 11) is -1.09. The molecule has 0 saturated heterocycles. The molecule has 0 unspecified atom stereocenters. The summed E-state index contributed by atoms with van der Waals surface area (Å²) in [5.74, 6) is 1.02. The van der Waals surface area contributed by atoms with Crippen LogP contribution >= 0.6 is 0 Å². The maximum absolute atomic E-state index is 11.5. The van der Waals surface area contributed by atoms with Crippen molar-refractivity contribution in [3.05, 3.63) is 30.9 Å². The zero-order valence-corrected chi connectivity index (χ0v) is 18.5. The first-order chi connectivity index (χ1) is 13.9. The number of carbonyl (C=O) groups excluding carboxylic acids is 1. The summed E-state index contributed by atoms with van der Waals surface area (Å²) >= 11 is 0. The van der Waals surface area contributed by atoms with Gasteiger partial charge in [-0.15, -0.1) is 0 Å². The highest BCUT2D eigenvalue weighted by Crippen LogP contribution is 2.27. The molecule has 0 amide bonds. The van der Waals surface area contributed by atoms with E-state index >= 15 is 0 Å². The first-order valence-electron chi connectivity index (χ1n) is 10.3. The van der Waals surface area contributed by atoms with E-state index in [1.165, 1.54) is 0 Å². The Labute approximate surface area is 172 Å². The van der Waals surface area contributed by atoms with E-state index in [0.717, 1.165) is 42.1 Å². The lowest BCUT2D eigenvalue weighted by Gasteiger charge is -2.21. The average molecular weight is 412 g/mol. The monoisotopic (exact) mass is 411 g/mol. The highest BCUT2D eigenvalue weighted by molar-refractivity contribution is 6.76. The molecule has 8 heteroatoms. The SMILES string of the molecule is C[Si](C)(C)CCOCn1ccc2cnc(-c3cnn(C4CCC(=O)CC4)c3)nc21. The van der Waals surface area contributed by atoms with Gasteiger partial charge in [-0.05, 0) is 25.0 Å². The number of fused-ring (bicyclic) bond motifs is 1. The fourth-order valence-corrected chi connectivity index (χ4v) is 4.35. The molecule has 0 spiro atoms. The number of rotatable bonds is 7. The van der Waals surface area contributed by atoms with E-state index in [4.69, 9.17) is 9.72 Å². The van der Waals surface area contributed by atoms with Crippen molar-refractivity contribution in [2.45, 2.75) is 64.1 Å². The molecule has 7 nitrogen and oxygen atoms in total. The van der Waals surface area contributed by atoms with Crippen molar-refractivity contribution in [2.24, 2.45) is 0 Å². The minimum atomic E-state index is -1.09. The first-order valence-corrected chi connectivity index (χ1v) is 14.1. The maximum atomic E-state index is 11.5. The zero-order chi connectivity index (χ0) is 20.4. The van der Waals surface area contributed by atoms with Crippen LogP contribution in [0.5, 0.6) is 0 Å². The van der Waals surface area contributed by atoms with E-state index in [1.54, 1.807) is 0 Å². The summed E-state index contributed by atoms with van der Waals surface area (Å²) in [6.07, 6.45) is 10.7. The number of hydrogen-bond donors (Lipinski definition) is 0. The van der Waals surface area contributed by atoms with Gasteiger partial charge >= 0.3 is 0 Å². The molecule has 1 saturated carbocycles. The largest absolute Gasteiger partial charge is 0.361 e. The lowest BCUT2D eigenvalue weighted by Crippen LogP contribution is -2.22. The molecule has 3 aromatic rings. The van der Waals surface area contributed by atoms with E-state index < -0.39 is 8.07 Å². The van der Waals surface area contributed by atoms with E-state index in [-0.39, 0.29) is 6.04 Å². The number of aromatic nitrogens is 5. The molecular formula is C21H29N5O2Si. The number of carbonyl (C=O) groups is 1. The van der Waals surface area contributed by atoms with Crippen molar-refractivity contribution in [3.63, 3.8) is 0 Å². The van der Waals surface area contributed by atoms with Crippen molar-refractivity contribution in [1.29, 1.82) is 0 Å². The third kappa shape index (κ3) is 4.81. The van der Waals surface area contributed by atoms with Crippen LogP contribution in [-0.2, 0) is 16.3 Å². The van der Waals surface area contributed by atoms with Crippen molar-refractivity contribution in [2.75, 3.05) is 6.61 Å². The Balaban J connectivity index is 1.48. The molecule has 1 aliphatic carbocycles. The highest BCUT2D eigenvalue weighted by atomic mass is 28.3. The molecule has 0 radical (unpaired) electrons. The summed E-state index contributed by atoms with van der Waals surface area (Å²) in [5, 5.41) is 5.51. The molecule has 0 N–H and O–H groups in total. The van der Waals surface area contributed by atoms with Gasteiger partial charge in [0.15, 0.2) is 5.82 Å². The quantitative estimate of drug-likeness (QED) is 0.428. The normalized spacial score (nSPS) is 16.0. The van der Waals surface area contributed by atoms with Crippen LogP contribution in [0.4, 0.5) is 0 Å². The van der Waals surface area contributed by atoms with Gasteiger partial charge in [-0.1, -0.05) is 19.6 Å². The highest BCUT2D eigenvalue weighted by Gasteiger charge is 2.21.